The third kappa shape index (κ3) is 3.15. The lowest BCUT2D eigenvalue weighted by atomic mass is 10.2. The molecule has 1 atom stereocenters. The van der Waals surface area contributed by atoms with E-state index in [0.29, 0.717) is 5.82 Å². The number of hydrogen-bond donors (Lipinski definition) is 1. The Hall–Kier alpha value is -2.65. The molecular weight excluding hydrogens is 278 g/mol. The molecule has 1 aromatic heterocycles. The molecule has 6 heteroatoms. The van der Waals surface area contributed by atoms with Gasteiger partial charge >= 0.3 is 0 Å². The van der Waals surface area contributed by atoms with E-state index in [1.54, 1.807) is 6.20 Å². The summed E-state index contributed by atoms with van der Waals surface area (Å²) in [6.07, 6.45) is 3.32. The lowest BCUT2D eigenvalue weighted by molar-refractivity contribution is 0.0532. The molecule has 3 rings (SSSR count). The first-order chi connectivity index (χ1) is 10.8. The van der Waals surface area contributed by atoms with Crippen LogP contribution in [0.2, 0.25) is 0 Å². The zero-order valence-corrected chi connectivity index (χ0v) is 12.4. The van der Waals surface area contributed by atoms with Crippen molar-refractivity contribution in [1.29, 1.82) is 5.26 Å². The average Bonchev–Trinajstić information content (AvgIpc) is 2.56. The molecule has 0 spiro atoms. The van der Waals surface area contributed by atoms with Gasteiger partial charge in [-0.1, -0.05) is 0 Å². The number of hydrogen-bond acceptors (Lipinski definition) is 6. The Kier molecular flexibility index (Phi) is 4.17. The molecule has 1 aliphatic heterocycles. The van der Waals surface area contributed by atoms with E-state index < -0.39 is 0 Å². The molecule has 0 radical (unpaired) electrons. The third-order valence-electron chi connectivity index (χ3n) is 3.54. The minimum Gasteiger partial charge on any atom is -0.375 e. The van der Waals surface area contributed by atoms with Crippen LogP contribution >= 0.6 is 0 Å². The highest BCUT2D eigenvalue weighted by atomic mass is 16.5. The molecule has 1 aliphatic rings. The molecule has 22 heavy (non-hydrogen) atoms. The Balaban J connectivity index is 1.73. The Morgan fingerprint density at radius 2 is 2.05 bits per heavy atom. The second-order valence-electron chi connectivity index (χ2n) is 5.16. The summed E-state index contributed by atoms with van der Waals surface area (Å²) in [5, 5.41) is 12.1. The molecule has 0 amide bonds. The van der Waals surface area contributed by atoms with Crippen molar-refractivity contribution >= 4 is 17.2 Å². The van der Waals surface area contributed by atoms with Gasteiger partial charge in [0.25, 0.3) is 0 Å². The number of nitriles is 1. The molecule has 1 aromatic carbocycles. The number of nitrogens with one attached hydrogen (secondary N) is 1. The first-order valence-corrected chi connectivity index (χ1v) is 7.21. The van der Waals surface area contributed by atoms with Gasteiger partial charge in [-0.25, -0.2) is 9.97 Å². The highest BCUT2D eigenvalue weighted by molar-refractivity contribution is 5.63. The molecule has 0 bridgehead atoms. The van der Waals surface area contributed by atoms with Crippen LogP contribution in [0.1, 0.15) is 12.6 Å². The maximum atomic E-state index is 9.02. The number of aromatic nitrogens is 2. The van der Waals surface area contributed by atoms with Crippen molar-refractivity contribution in [3.8, 4) is 6.07 Å². The topological polar surface area (TPSA) is 74.1 Å². The van der Waals surface area contributed by atoms with Crippen LogP contribution in [0.15, 0.2) is 36.7 Å². The summed E-state index contributed by atoms with van der Waals surface area (Å²) >= 11 is 0. The van der Waals surface area contributed by atoms with Crippen LogP contribution in [0.25, 0.3) is 0 Å². The summed E-state index contributed by atoms with van der Waals surface area (Å²) in [6, 6.07) is 10.1. The van der Waals surface area contributed by atoms with E-state index in [0.717, 1.165) is 25.4 Å². The van der Waals surface area contributed by atoms with Gasteiger partial charge in [-0.3, -0.25) is 0 Å². The molecule has 1 saturated heterocycles. The van der Waals surface area contributed by atoms with Gasteiger partial charge in [0, 0.05) is 36.9 Å². The second-order valence-corrected chi connectivity index (χ2v) is 5.16. The number of nitrogens with zero attached hydrogens (tertiary/aromatic N) is 4. The van der Waals surface area contributed by atoms with Crippen molar-refractivity contribution in [2.24, 2.45) is 0 Å². The summed E-state index contributed by atoms with van der Waals surface area (Å²) < 4.78 is 5.56. The SMILES string of the molecule is C[C@H]1CN(c2ccc(Nc3nccnc3C#N)cc2)CCO1. The van der Waals surface area contributed by atoms with E-state index in [-0.39, 0.29) is 11.8 Å². The summed E-state index contributed by atoms with van der Waals surface area (Å²) in [6.45, 7) is 4.64. The third-order valence-corrected chi connectivity index (χ3v) is 3.54. The zero-order chi connectivity index (χ0) is 15.4. The molecule has 0 unspecified atom stereocenters. The second kappa shape index (κ2) is 6.41. The Labute approximate surface area is 129 Å². The number of benzene rings is 1. The van der Waals surface area contributed by atoms with E-state index in [1.807, 2.05) is 18.2 Å². The molecule has 2 heterocycles. The van der Waals surface area contributed by atoms with Gasteiger partial charge in [0.1, 0.15) is 6.07 Å². The first kappa shape index (κ1) is 14.3. The largest absolute Gasteiger partial charge is 0.375 e. The van der Waals surface area contributed by atoms with Gasteiger partial charge in [0.15, 0.2) is 11.5 Å². The Morgan fingerprint density at radius 3 is 2.77 bits per heavy atom. The monoisotopic (exact) mass is 295 g/mol. The molecule has 1 N–H and O–H groups in total. The lowest BCUT2D eigenvalue weighted by Crippen LogP contribution is -2.41. The van der Waals surface area contributed by atoms with Gasteiger partial charge in [-0.15, -0.1) is 0 Å². The molecule has 6 nitrogen and oxygen atoms in total. The molecule has 112 valence electrons. The fourth-order valence-corrected chi connectivity index (χ4v) is 2.46. The van der Waals surface area contributed by atoms with Crippen molar-refractivity contribution in [3.63, 3.8) is 0 Å². The quantitative estimate of drug-likeness (QED) is 0.936. The molecule has 1 fully saturated rings. The first-order valence-electron chi connectivity index (χ1n) is 7.21. The van der Waals surface area contributed by atoms with E-state index in [2.05, 4.69) is 39.2 Å². The molecule has 0 saturated carbocycles. The molecule has 2 aromatic rings. The van der Waals surface area contributed by atoms with E-state index in [9.17, 15) is 0 Å². The Bertz CT molecular complexity index is 680. The van der Waals surface area contributed by atoms with Gasteiger partial charge in [-0.05, 0) is 31.2 Å². The van der Waals surface area contributed by atoms with Crippen LogP contribution in [-0.2, 0) is 4.74 Å². The average molecular weight is 295 g/mol. The summed E-state index contributed by atoms with van der Waals surface area (Å²) in [5.41, 5.74) is 2.33. The standard InChI is InChI=1S/C16H17N5O/c1-12-11-21(8-9-22-12)14-4-2-13(3-5-14)20-16-15(10-17)18-6-7-19-16/h2-7,12H,8-9,11H2,1H3,(H,19,20)/t12-/m0/s1. The minimum absolute atomic E-state index is 0.254. The van der Waals surface area contributed by atoms with Gasteiger partial charge < -0.3 is 15.0 Å². The van der Waals surface area contributed by atoms with Crippen molar-refractivity contribution < 1.29 is 4.74 Å². The van der Waals surface area contributed by atoms with Crippen LogP contribution in [0.3, 0.4) is 0 Å². The zero-order valence-electron chi connectivity index (χ0n) is 12.4. The van der Waals surface area contributed by atoms with Gasteiger partial charge in [-0.2, -0.15) is 5.26 Å². The van der Waals surface area contributed by atoms with E-state index in [1.165, 1.54) is 11.9 Å². The number of rotatable bonds is 3. The summed E-state index contributed by atoms with van der Waals surface area (Å²) in [5.74, 6) is 0.470. The maximum absolute atomic E-state index is 9.02. The van der Waals surface area contributed by atoms with E-state index >= 15 is 0 Å². The minimum atomic E-state index is 0.254. The maximum Gasteiger partial charge on any atom is 0.183 e. The fraction of sp³-hybridized carbons (Fsp3) is 0.312. The predicted octanol–water partition coefficient (Wildman–Crippen LogP) is 2.32. The molecular formula is C16H17N5O. The van der Waals surface area contributed by atoms with Crippen molar-refractivity contribution in [2.45, 2.75) is 13.0 Å². The summed E-state index contributed by atoms with van der Waals surface area (Å²) in [7, 11) is 0. The normalized spacial score (nSPS) is 17.8. The molecule has 0 aliphatic carbocycles. The van der Waals surface area contributed by atoms with Crippen LogP contribution in [0.5, 0.6) is 0 Å². The predicted molar refractivity (Wildman–Crippen MR) is 84.1 cm³/mol. The highest BCUT2D eigenvalue weighted by Crippen LogP contribution is 2.22. The van der Waals surface area contributed by atoms with Crippen LogP contribution in [0.4, 0.5) is 17.2 Å². The van der Waals surface area contributed by atoms with Crippen LogP contribution in [-0.4, -0.2) is 35.8 Å². The smallest absolute Gasteiger partial charge is 0.183 e. The van der Waals surface area contributed by atoms with Gasteiger partial charge in [0.2, 0.25) is 0 Å². The number of ether oxygens (including phenoxy) is 1. The highest BCUT2D eigenvalue weighted by Gasteiger charge is 2.16. The van der Waals surface area contributed by atoms with Crippen molar-refractivity contribution in [3.05, 3.63) is 42.4 Å². The van der Waals surface area contributed by atoms with Gasteiger partial charge in [0.05, 0.1) is 12.7 Å². The summed E-state index contributed by atoms with van der Waals surface area (Å²) in [4.78, 5) is 10.4. The Morgan fingerprint density at radius 1 is 1.27 bits per heavy atom. The fourth-order valence-electron chi connectivity index (χ4n) is 2.46. The van der Waals surface area contributed by atoms with Crippen molar-refractivity contribution in [2.75, 3.05) is 29.9 Å². The van der Waals surface area contributed by atoms with E-state index in [4.69, 9.17) is 10.00 Å². The number of anilines is 3. The van der Waals surface area contributed by atoms with Crippen LogP contribution < -0.4 is 10.2 Å². The van der Waals surface area contributed by atoms with Crippen LogP contribution in [0, 0.1) is 11.3 Å². The van der Waals surface area contributed by atoms with Crippen molar-refractivity contribution in [1.82, 2.24) is 9.97 Å². The lowest BCUT2D eigenvalue weighted by Gasteiger charge is -2.33. The number of morpholine rings is 1.